The summed E-state index contributed by atoms with van der Waals surface area (Å²) < 4.78 is 5.55. The van der Waals surface area contributed by atoms with E-state index in [2.05, 4.69) is 28.1 Å². The third kappa shape index (κ3) is 4.95. The highest BCUT2D eigenvalue weighted by Gasteiger charge is 2.18. The van der Waals surface area contributed by atoms with Gasteiger partial charge in [0.25, 0.3) is 5.91 Å². The second kappa shape index (κ2) is 9.09. The Labute approximate surface area is 171 Å². The number of nitrogens with one attached hydrogen (secondary N) is 3. The van der Waals surface area contributed by atoms with Crippen LogP contribution in [-0.4, -0.2) is 37.6 Å². The lowest BCUT2D eigenvalue weighted by atomic mass is 10.1. The van der Waals surface area contributed by atoms with E-state index in [-0.39, 0.29) is 24.5 Å². The van der Waals surface area contributed by atoms with Crippen molar-refractivity contribution in [2.75, 3.05) is 30.3 Å². The van der Waals surface area contributed by atoms with E-state index in [9.17, 15) is 9.59 Å². The summed E-state index contributed by atoms with van der Waals surface area (Å²) >= 11 is 0. The molecule has 1 saturated heterocycles. The van der Waals surface area contributed by atoms with Gasteiger partial charge in [-0.3, -0.25) is 9.59 Å². The molecule has 29 heavy (non-hydrogen) atoms. The number of ether oxygens (including phenoxy) is 1. The van der Waals surface area contributed by atoms with Crippen molar-refractivity contribution in [2.45, 2.75) is 38.2 Å². The third-order valence-electron chi connectivity index (χ3n) is 5.51. The number of amides is 2. The maximum Gasteiger partial charge on any atom is 0.253 e. The van der Waals surface area contributed by atoms with E-state index in [1.165, 1.54) is 17.5 Å². The average Bonchev–Trinajstić information content (AvgIpc) is 3.42. The van der Waals surface area contributed by atoms with Crippen LogP contribution in [-0.2, 0) is 22.4 Å². The van der Waals surface area contributed by atoms with Gasteiger partial charge in [0, 0.05) is 24.5 Å². The Kier molecular flexibility index (Phi) is 6.10. The van der Waals surface area contributed by atoms with E-state index in [4.69, 9.17) is 4.74 Å². The number of para-hydroxylation sites is 1. The molecule has 4 rings (SSSR count). The Bertz CT molecular complexity index is 891. The molecule has 1 atom stereocenters. The molecule has 6 nitrogen and oxygen atoms in total. The molecule has 2 aromatic carbocycles. The summed E-state index contributed by atoms with van der Waals surface area (Å²) in [4.78, 5) is 24.9. The predicted molar refractivity (Wildman–Crippen MR) is 113 cm³/mol. The number of hydrogen-bond acceptors (Lipinski definition) is 4. The maximum atomic E-state index is 12.6. The number of aryl methyl sites for hydroxylation is 2. The van der Waals surface area contributed by atoms with Gasteiger partial charge in [0.1, 0.15) is 0 Å². The first-order valence-corrected chi connectivity index (χ1v) is 10.3. The number of fused-ring (bicyclic) bond motifs is 1. The van der Waals surface area contributed by atoms with Crippen LogP contribution in [0.2, 0.25) is 0 Å². The van der Waals surface area contributed by atoms with Gasteiger partial charge in [-0.15, -0.1) is 0 Å². The number of hydrogen-bond donors (Lipinski definition) is 3. The van der Waals surface area contributed by atoms with Gasteiger partial charge in [-0.05, 0) is 67.5 Å². The molecule has 6 heteroatoms. The van der Waals surface area contributed by atoms with Gasteiger partial charge in [-0.1, -0.05) is 18.2 Å². The zero-order chi connectivity index (χ0) is 20.1. The van der Waals surface area contributed by atoms with E-state index in [0.29, 0.717) is 17.8 Å². The lowest BCUT2D eigenvalue weighted by Gasteiger charge is -2.14. The fourth-order valence-corrected chi connectivity index (χ4v) is 3.97. The van der Waals surface area contributed by atoms with Crippen LogP contribution in [0.3, 0.4) is 0 Å². The lowest BCUT2D eigenvalue weighted by molar-refractivity contribution is -0.114. The molecule has 1 fully saturated rings. The summed E-state index contributed by atoms with van der Waals surface area (Å²) in [6.45, 7) is 1.36. The van der Waals surface area contributed by atoms with Crippen molar-refractivity contribution in [3.8, 4) is 0 Å². The van der Waals surface area contributed by atoms with Gasteiger partial charge in [0.05, 0.1) is 18.2 Å². The van der Waals surface area contributed by atoms with Gasteiger partial charge in [0.2, 0.25) is 5.91 Å². The van der Waals surface area contributed by atoms with Crippen LogP contribution in [0.4, 0.5) is 11.4 Å². The van der Waals surface area contributed by atoms with Crippen LogP contribution < -0.4 is 16.0 Å². The third-order valence-corrected chi connectivity index (χ3v) is 5.51. The maximum absolute atomic E-state index is 12.6. The van der Waals surface area contributed by atoms with Gasteiger partial charge >= 0.3 is 0 Å². The molecule has 0 radical (unpaired) electrons. The zero-order valence-electron chi connectivity index (χ0n) is 16.5. The number of rotatable bonds is 7. The van der Waals surface area contributed by atoms with Gasteiger partial charge in [-0.25, -0.2) is 0 Å². The standard InChI is InChI=1S/C23H27N3O3/c27-22(26-18-11-10-16-5-3-6-17(16)13-18)15-24-21-9-2-1-8-20(21)23(28)25-14-19-7-4-12-29-19/h1-2,8-11,13,19,24H,3-7,12,14-15H2,(H,25,28)(H,26,27)/t19-/m0/s1. The SMILES string of the molecule is O=C(CNc1ccccc1C(=O)NC[C@@H]1CCCO1)Nc1ccc2c(c1)CCC2. The molecule has 2 amide bonds. The normalized spacial score (nSPS) is 17.6. The molecule has 0 aromatic heterocycles. The lowest BCUT2D eigenvalue weighted by Crippen LogP contribution is -2.32. The van der Waals surface area contributed by atoms with Crippen molar-refractivity contribution in [1.29, 1.82) is 0 Å². The minimum absolute atomic E-state index is 0.0904. The smallest absolute Gasteiger partial charge is 0.253 e. The van der Waals surface area contributed by atoms with Crippen LogP contribution in [0.15, 0.2) is 42.5 Å². The minimum Gasteiger partial charge on any atom is -0.376 e. The zero-order valence-corrected chi connectivity index (χ0v) is 16.5. The summed E-state index contributed by atoms with van der Waals surface area (Å²) in [5.41, 5.74) is 4.69. The molecule has 0 unspecified atom stereocenters. The van der Waals surface area contributed by atoms with E-state index in [1.54, 1.807) is 6.07 Å². The summed E-state index contributed by atoms with van der Waals surface area (Å²) in [5, 5.41) is 8.95. The fourth-order valence-electron chi connectivity index (χ4n) is 3.97. The average molecular weight is 393 g/mol. The van der Waals surface area contributed by atoms with Crippen molar-refractivity contribution in [2.24, 2.45) is 0 Å². The van der Waals surface area contributed by atoms with E-state index >= 15 is 0 Å². The Hall–Kier alpha value is -2.86. The second-order valence-electron chi connectivity index (χ2n) is 7.63. The number of benzene rings is 2. The van der Waals surface area contributed by atoms with Crippen LogP contribution in [0.5, 0.6) is 0 Å². The molecule has 0 saturated carbocycles. The van der Waals surface area contributed by atoms with Gasteiger partial charge in [0.15, 0.2) is 0 Å². The van der Waals surface area contributed by atoms with Gasteiger partial charge in [-0.2, -0.15) is 0 Å². The molecule has 2 aromatic rings. The molecule has 1 aliphatic carbocycles. The summed E-state index contributed by atoms with van der Waals surface area (Å²) in [7, 11) is 0. The van der Waals surface area contributed by atoms with E-state index in [0.717, 1.165) is 38.0 Å². The monoisotopic (exact) mass is 393 g/mol. The van der Waals surface area contributed by atoms with Crippen LogP contribution in [0.1, 0.15) is 40.7 Å². The largest absolute Gasteiger partial charge is 0.376 e. The van der Waals surface area contributed by atoms with Crippen LogP contribution in [0.25, 0.3) is 0 Å². The van der Waals surface area contributed by atoms with Gasteiger partial charge < -0.3 is 20.7 Å². The summed E-state index contributed by atoms with van der Waals surface area (Å²) in [5.74, 6) is -0.305. The first-order valence-electron chi connectivity index (χ1n) is 10.3. The van der Waals surface area contributed by atoms with Crippen molar-refractivity contribution in [3.05, 3.63) is 59.2 Å². The highest BCUT2D eigenvalue weighted by atomic mass is 16.5. The first-order chi connectivity index (χ1) is 14.2. The molecular weight excluding hydrogens is 366 g/mol. The molecule has 1 aliphatic heterocycles. The Balaban J connectivity index is 1.32. The van der Waals surface area contributed by atoms with E-state index in [1.807, 2.05) is 24.3 Å². The molecule has 0 bridgehead atoms. The predicted octanol–water partition coefficient (Wildman–Crippen LogP) is 3.13. The molecule has 152 valence electrons. The Morgan fingerprint density at radius 3 is 2.76 bits per heavy atom. The molecule has 0 spiro atoms. The molecule has 3 N–H and O–H groups in total. The molecular formula is C23H27N3O3. The second-order valence-corrected chi connectivity index (χ2v) is 7.63. The summed E-state index contributed by atoms with van der Waals surface area (Å²) in [6.07, 6.45) is 5.49. The molecule has 2 aliphatic rings. The first kappa shape index (κ1) is 19.5. The Morgan fingerprint density at radius 1 is 1.03 bits per heavy atom. The van der Waals surface area contributed by atoms with Crippen LogP contribution in [0, 0.1) is 0 Å². The topological polar surface area (TPSA) is 79.5 Å². The molecule has 1 heterocycles. The van der Waals surface area contributed by atoms with Crippen LogP contribution >= 0.6 is 0 Å². The number of carbonyl (C=O) groups excluding carboxylic acids is 2. The quantitative estimate of drug-likeness (QED) is 0.675. The van der Waals surface area contributed by atoms with E-state index < -0.39 is 0 Å². The number of carbonyl (C=O) groups is 2. The minimum atomic E-state index is -0.164. The van der Waals surface area contributed by atoms with Crippen molar-refractivity contribution in [3.63, 3.8) is 0 Å². The summed E-state index contributed by atoms with van der Waals surface area (Å²) in [6, 6.07) is 13.3. The van der Waals surface area contributed by atoms with Crippen molar-refractivity contribution < 1.29 is 14.3 Å². The highest BCUT2D eigenvalue weighted by Crippen LogP contribution is 2.25. The van der Waals surface area contributed by atoms with Crippen molar-refractivity contribution in [1.82, 2.24) is 5.32 Å². The number of anilines is 2. The highest BCUT2D eigenvalue weighted by molar-refractivity contribution is 6.01. The fraction of sp³-hybridized carbons (Fsp3) is 0.391. The Morgan fingerprint density at radius 2 is 1.90 bits per heavy atom. The van der Waals surface area contributed by atoms with Crippen molar-refractivity contribution >= 4 is 23.2 Å².